The van der Waals surface area contributed by atoms with Crippen LogP contribution in [0.15, 0.2) is 194 Å². The molecule has 9 aromatic carbocycles. The molecule has 54 heavy (non-hydrogen) atoms. The second-order valence-corrected chi connectivity index (χ2v) is 14.5. The Balaban J connectivity index is 0.000000467. The molecule has 3 N–H and O–H groups in total. The molecule has 2 heteroatoms. The second kappa shape index (κ2) is 12.6. The summed E-state index contributed by atoms with van der Waals surface area (Å²) >= 11 is 0. The van der Waals surface area contributed by atoms with Crippen molar-refractivity contribution in [1.82, 2.24) is 0 Å². The third kappa shape index (κ3) is 4.95. The Hall–Kier alpha value is -6.90. The molecule has 0 amide bonds. The van der Waals surface area contributed by atoms with Gasteiger partial charge in [-0.05, 0) is 127 Å². The number of nitrogens with one attached hydrogen (secondary N) is 1. The first-order valence-electron chi connectivity index (χ1n) is 18.6. The van der Waals surface area contributed by atoms with Gasteiger partial charge in [-0.2, -0.15) is 0 Å². The van der Waals surface area contributed by atoms with Gasteiger partial charge in [0.15, 0.2) is 0 Å². The van der Waals surface area contributed by atoms with Crippen molar-refractivity contribution in [3.63, 3.8) is 0 Å². The van der Waals surface area contributed by atoms with Crippen molar-refractivity contribution in [3.05, 3.63) is 222 Å². The summed E-state index contributed by atoms with van der Waals surface area (Å²) in [4.78, 5) is 0. The normalized spacial score (nSPS) is 12.8. The van der Waals surface area contributed by atoms with Crippen LogP contribution < -0.4 is 11.1 Å². The average Bonchev–Trinajstić information content (AvgIpc) is 3.68. The minimum Gasteiger partial charge on any atom is -0.397 e. The van der Waals surface area contributed by atoms with Gasteiger partial charge in [-0.15, -0.1) is 0 Å². The van der Waals surface area contributed by atoms with E-state index in [0.29, 0.717) is 0 Å². The summed E-state index contributed by atoms with van der Waals surface area (Å²) in [6.07, 6.45) is 0. The van der Waals surface area contributed by atoms with Gasteiger partial charge >= 0.3 is 0 Å². The molecule has 1 spiro atoms. The Labute approximate surface area is 316 Å². The molecule has 0 heterocycles. The zero-order chi connectivity index (χ0) is 36.2. The number of hydrogen-bond acceptors (Lipinski definition) is 2. The van der Waals surface area contributed by atoms with Crippen molar-refractivity contribution < 1.29 is 0 Å². The zero-order valence-corrected chi connectivity index (χ0v) is 30.1. The van der Waals surface area contributed by atoms with Gasteiger partial charge in [0.1, 0.15) is 0 Å². The molecule has 0 radical (unpaired) electrons. The molecule has 0 aromatic heterocycles. The van der Waals surface area contributed by atoms with Crippen molar-refractivity contribution in [3.8, 4) is 33.4 Å². The van der Waals surface area contributed by atoms with Crippen LogP contribution in [0.5, 0.6) is 0 Å². The highest BCUT2D eigenvalue weighted by Gasteiger charge is 2.52. The molecular formula is C52H38N2. The van der Waals surface area contributed by atoms with Crippen molar-refractivity contribution >= 4 is 38.6 Å². The molecule has 0 saturated carbocycles. The van der Waals surface area contributed by atoms with Crippen LogP contribution in [0.4, 0.5) is 17.1 Å². The standard InChI is InChI=1S/C45H30N2.C7H8/c46-42-15-7-8-16-43(42)47-33-22-19-28(20-23-33)30-17-18-31-26-37-41(27-32(31)25-30)45(40-24-21-29-9-1-2-10-34(29)44(37)40)38-13-5-3-11-35(38)36-12-4-6-14-39(36)45;1-7-5-3-2-4-6-7/h1-27,47H,46H2;2-6H,1H3. The number of anilines is 3. The molecular weight excluding hydrogens is 653 g/mol. The summed E-state index contributed by atoms with van der Waals surface area (Å²) in [7, 11) is 0. The first-order chi connectivity index (χ1) is 26.6. The van der Waals surface area contributed by atoms with Gasteiger partial charge in [0.05, 0.1) is 16.8 Å². The van der Waals surface area contributed by atoms with Gasteiger partial charge < -0.3 is 11.1 Å². The van der Waals surface area contributed by atoms with E-state index in [-0.39, 0.29) is 5.41 Å². The molecule has 0 atom stereocenters. The lowest BCUT2D eigenvalue weighted by molar-refractivity contribution is 0.795. The number of aryl methyl sites for hydroxylation is 1. The van der Waals surface area contributed by atoms with E-state index in [9.17, 15) is 0 Å². The minimum absolute atomic E-state index is 0.376. The lowest BCUT2D eigenvalue weighted by Crippen LogP contribution is -2.25. The van der Waals surface area contributed by atoms with E-state index in [1.165, 1.54) is 82.7 Å². The molecule has 0 aliphatic heterocycles. The highest BCUT2D eigenvalue weighted by Crippen LogP contribution is 2.64. The van der Waals surface area contributed by atoms with Gasteiger partial charge in [-0.25, -0.2) is 0 Å². The Morgan fingerprint density at radius 1 is 0.426 bits per heavy atom. The maximum atomic E-state index is 6.17. The van der Waals surface area contributed by atoms with Crippen LogP contribution in [0, 0.1) is 6.92 Å². The minimum atomic E-state index is -0.376. The summed E-state index contributed by atoms with van der Waals surface area (Å²) in [6, 6.07) is 70.1. The fraction of sp³-hybridized carbons (Fsp3) is 0.0385. The average molecular weight is 691 g/mol. The number of fused-ring (bicyclic) bond motifs is 13. The molecule has 256 valence electrons. The van der Waals surface area contributed by atoms with Crippen LogP contribution >= 0.6 is 0 Å². The molecule has 2 nitrogen and oxygen atoms in total. The van der Waals surface area contributed by atoms with E-state index in [4.69, 9.17) is 5.73 Å². The Morgan fingerprint density at radius 2 is 1.06 bits per heavy atom. The third-order valence-electron chi connectivity index (χ3n) is 11.3. The van der Waals surface area contributed by atoms with E-state index in [2.05, 4.69) is 164 Å². The fourth-order valence-electron chi connectivity index (χ4n) is 8.88. The quantitative estimate of drug-likeness (QED) is 0.181. The van der Waals surface area contributed by atoms with Gasteiger partial charge in [0, 0.05) is 5.69 Å². The maximum Gasteiger partial charge on any atom is 0.0725 e. The SMILES string of the molecule is Cc1ccccc1.Nc1ccccc1Nc1ccc(-c2ccc3cc4c(cc3c2)C2(c3ccccc3-c3ccccc32)c2ccc3ccccc3c2-4)cc1. The summed E-state index contributed by atoms with van der Waals surface area (Å²) < 4.78 is 0. The highest BCUT2D eigenvalue weighted by molar-refractivity contribution is 6.08. The Bertz CT molecular complexity index is 2820. The molecule has 0 saturated heterocycles. The van der Waals surface area contributed by atoms with Crippen molar-refractivity contribution in [2.75, 3.05) is 11.1 Å². The van der Waals surface area contributed by atoms with E-state index in [1.54, 1.807) is 0 Å². The second-order valence-electron chi connectivity index (χ2n) is 14.5. The van der Waals surface area contributed by atoms with Crippen molar-refractivity contribution in [2.24, 2.45) is 0 Å². The molecule has 0 fully saturated rings. The van der Waals surface area contributed by atoms with E-state index < -0.39 is 0 Å². The third-order valence-corrected chi connectivity index (χ3v) is 11.3. The van der Waals surface area contributed by atoms with E-state index in [0.717, 1.165) is 17.1 Å². The number of nitrogen functional groups attached to an aromatic ring is 1. The van der Waals surface area contributed by atoms with Gasteiger partial charge in [0.25, 0.3) is 0 Å². The van der Waals surface area contributed by atoms with Crippen LogP contribution in [0.2, 0.25) is 0 Å². The number of nitrogens with two attached hydrogens (primary N) is 1. The molecule has 11 rings (SSSR count). The Kier molecular flexibility index (Phi) is 7.45. The summed E-state index contributed by atoms with van der Waals surface area (Å²) in [6.45, 7) is 2.08. The van der Waals surface area contributed by atoms with Gasteiger partial charge in [-0.1, -0.05) is 157 Å². The highest BCUT2D eigenvalue weighted by atomic mass is 14.9. The molecule has 2 aliphatic rings. The van der Waals surface area contributed by atoms with Gasteiger partial charge in [-0.3, -0.25) is 0 Å². The van der Waals surface area contributed by atoms with Crippen molar-refractivity contribution in [2.45, 2.75) is 12.3 Å². The zero-order valence-electron chi connectivity index (χ0n) is 30.1. The number of benzene rings is 9. The van der Waals surface area contributed by atoms with Crippen LogP contribution in [0.25, 0.3) is 54.9 Å². The molecule has 0 unspecified atom stereocenters. The van der Waals surface area contributed by atoms with Crippen LogP contribution in [-0.2, 0) is 5.41 Å². The van der Waals surface area contributed by atoms with Crippen molar-refractivity contribution in [1.29, 1.82) is 0 Å². The van der Waals surface area contributed by atoms with Crippen LogP contribution in [0.3, 0.4) is 0 Å². The summed E-state index contributed by atoms with van der Waals surface area (Å²) in [5.74, 6) is 0. The first-order valence-corrected chi connectivity index (χ1v) is 18.6. The molecule has 9 aromatic rings. The summed E-state index contributed by atoms with van der Waals surface area (Å²) in [5, 5.41) is 8.54. The molecule has 2 aliphatic carbocycles. The number of para-hydroxylation sites is 2. The largest absolute Gasteiger partial charge is 0.397 e. The Morgan fingerprint density at radius 3 is 1.78 bits per heavy atom. The fourth-order valence-corrected chi connectivity index (χ4v) is 8.88. The number of hydrogen-bond donors (Lipinski definition) is 2. The lowest BCUT2D eigenvalue weighted by Gasteiger charge is -2.30. The smallest absolute Gasteiger partial charge is 0.0725 e. The summed E-state index contributed by atoms with van der Waals surface area (Å²) in [5.41, 5.74) is 23.0. The number of rotatable bonds is 3. The molecule has 0 bridgehead atoms. The monoisotopic (exact) mass is 690 g/mol. The topological polar surface area (TPSA) is 38.0 Å². The predicted octanol–water partition coefficient (Wildman–Crippen LogP) is 13.3. The van der Waals surface area contributed by atoms with E-state index >= 15 is 0 Å². The first kappa shape index (κ1) is 31.8. The maximum absolute atomic E-state index is 6.17. The lowest BCUT2D eigenvalue weighted by atomic mass is 9.70. The van der Waals surface area contributed by atoms with Gasteiger partial charge in [0.2, 0.25) is 0 Å². The predicted molar refractivity (Wildman–Crippen MR) is 229 cm³/mol. The van der Waals surface area contributed by atoms with E-state index in [1.807, 2.05) is 42.5 Å². The van der Waals surface area contributed by atoms with Crippen LogP contribution in [0.1, 0.15) is 27.8 Å². The van der Waals surface area contributed by atoms with Crippen LogP contribution in [-0.4, -0.2) is 0 Å².